The molecule has 8 rings (SSSR count). The second-order valence-electron chi connectivity index (χ2n) is 14.1. The number of ketones is 1. The van der Waals surface area contributed by atoms with Gasteiger partial charge < -0.3 is 10.2 Å². The molecule has 0 spiro atoms. The molecule has 4 aliphatic carbocycles. The predicted molar refractivity (Wildman–Crippen MR) is 176 cm³/mol. The standard InChI is InChI=1S/C36H39N3O3S2/c1-21-8-11-24(12-9-21)39-28-16-23-10-13-25-26-14-15-36(42,31(41)20-43-33-38-27-6-4-5-7-30(27)44-33)35(26,3)18-29(40)32(25)34(23,2)17-22(28)19-37-39/h4-9,11-12,16,19,25-26,29,32,40,42H,10,13-15,17-18,20H2,1-3H3/t25?,26?,29-,32?,34?,35?,36-/m0/s1. The van der Waals surface area contributed by atoms with Crippen LogP contribution in [-0.2, 0) is 11.2 Å². The summed E-state index contributed by atoms with van der Waals surface area (Å²) in [6.45, 7) is 6.52. The first kappa shape index (κ1) is 28.7. The van der Waals surface area contributed by atoms with Crippen molar-refractivity contribution < 1.29 is 15.0 Å². The molecule has 44 heavy (non-hydrogen) atoms. The average molecular weight is 626 g/mol. The minimum Gasteiger partial charge on any atom is -0.393 e. The lowest BCUT2D eigenvalue weighted by Crippen LogP contribution is -2.62. The first-order valence-electron chi connectivity index (χ1n) is 15.9. The minimum atomic E-state index is -1.43. The van der Waals surface area contributed by atoms with E-state index < -0.39 is 17.1 Å². The van der Waals surface area contributed by atoms with E-state index in [4.69, 9.17) is 5.10 Å². The quantitative estimate of drug-likeness (QED) is 0.232. The largest absolute Gasteiger partial charge is 0.393 e. The molecule has 6 nitrogen and oxygen atoms in total. The molecule has 7 atom stereocenters. The molecule has 228 valence electrons. The van der Waals surface area contributed by atoms with Crippen LogP contribution in [0.25, 0.3) is 22.0 Å². The van der Waals surface area contributed by atoms with E-state index in [9.17, 15) is 15.0 Å². The number of aliphatic hydroxyl groups excluding tert-OH is 1. The van der Waals surface area contributed by atoms with Gasteiger partial charge in [-0.15, -0.1) is 11.3 Å². The molecule has 2 heterocycles. The van der Waals surface area contributed by atoms with Crippen LogP contribution in [-0.4, -0.2) is 48.2 Å². The highest BCUT2D eigenvalue weighted by Crippen LogP contribution is 2.67. The summed E-state index contributed by atoms with van der Waals surface area (Å²) < 4.78 is 4.01. The summed E-state index contributed by atoms with van der Waals surface area (Å²) in [5, 5.41) is 29.0. The first-order valence-corrected chi connectivity index (χ1v) is 17.7. The van der Waals surface area contributed by atoms with Gasteiger partial charge in [0, 0.05) is 5.41 Å². The molecule has 4 aromatic rings. The van der Waals surface area contributed by atoms with Crippen molar-refractivity contribution in [3.8, 4) is 5.69 Å². The summed E-state index contributed by atoms with van der Waals surface area (Å²) in [5.74, 6) is 0.629. The number of thiazole rings is 1. The molecule has 0 radical (unpaired) electrons. The van der Waals surface area contributed by atoms with Crippen LogP contribution in [0.3, 0.4) is 0 Å². The molecule has 4 aliphatic rings. The van der Waals surface area contributed by atoms with Crippen molar-refractivity contribution in [2.24, 2.45) is 28.6 Å². The summed E-state index contributed by atoms with van der Waals surface area (Å²) in [7, 11) is 0. The molecular weight excluding hydrogens is 587 g/mol. The first-order chi connectivity index (χ1) is 21.1. The van der Waals surface area contributed by atoms with E-state index in [1.807, 2.05) is 30.5 Å². The number of aryl methyl sites for hydroxylation is 1. The Labute approximate surface area is 266 Å². The summed E-state index contributed by atoms with van der Waals surface area (Å²) in [5.41, 5.74) is 4.76. The number of fused-ring (bicyclic) bond motifs is 7. The molecule has 3 fully saturated rings. The van der Waals surface area contributed by atoms with Crippen LogP contribution in [0, 0.1) is 35.5 Å². The van der Waals surface area contributed by atoms with Gasteiger partial charge in [-0.2, -0.15) is 5.10 Å². The normalized spacial score (nSPS) is 34.2. The van der Waals surface area contributed by atoms with E-state index in [0.717, 1.165) is 51.6 Å². The second kappa shape index (κ2) is 10.1. The Morgan fingerprint density at radius 1 is 1.14 bits per heavy atom. The van der Waals surface area contributed by atoms with Gasteiger partial charge in [0.15, 0.2) is 10.1 Å². The SMILES string of the molecule is Cc1ccc(-n2ncc3c2C=C2CCC4C([C@@H](O)CC5(C)C4CC[C@]5(O)C(=O)CSc4nc5ccccc5s4)C2(C)C3)cc1. The maximum absolute atomic E-state index is 13.9. The zero-order chi connectivity index (χ0) is 30.4. The van der Waals surface area contributed by atoms with E-state index in [2.05, 4.69) is 60.8 Å². The average Bonchev–Trinajstić information content (AvgIpc) is 3.68. The number of benzene rings is 2. The van der Waals surface area contributed by atoms with E-state index in [1.165, 1.54) is 28.5 Å². The van der Waals surface area contributed by atoms with Crippen molar-refractivity contribution in [3.05, 3.63) is 77.1 Å². The van der Waals surface area contributed by atoms with Gasteiger partial charge in [-0.1, -0.05) is 61.0 Å². The Morgan fingerprint density at radius 2 is 1.93 bits per heavy atom. The Bertz CT molecular complexity index is 1780. The van der Waals surface area contributed by atoms with Crippen molar-refractivity contribution >= 4 is 45.2 Å². The fourth-order valence-electron chi connectivity index (χ4n) is 9.70. The van der Waals surface area contributed by atoms with Crippen molar-refractivity contribution in [1.29, 1.82) is 0 Å². The maximum atomic E-state index is 13.9. The number of aliphatic hydroxyl groups is 2. The third kappa shape index (κ3) is 4.10. The third-order valence-corrected chi connectivity index (χ3v) is 14.1. The summed E-state index contributed by atoms with van der Waals surface area (Å²) in [4.78, 5) is 18.5. The Morgan fingerprint density at radius 3 is 2.73 bits per heavy atom. The van der Waals surface area contributed by atoms with E-state index >= 15 is 0 Å². The van der Waals surface area contributed by atoms with Gasteiger partial charge >= 0.3 is 0 Å². The van der Waals surface area contributed by atoms with Gasteiger partial charge in [0.05, 0.1) is 39.7 Å². The lowest BCUT2D eigenvalue weighted by molar-refractivity contribution is -0.177. The lowest BCUT2D eigenvalue weighted by Gasteiger charge is -2.60. The van der Waals surface area contributed by atoms with Crippen molar-refractivity contribution in [3.63, 3.8) is 0 Å². The molecule has 2 N–H and O–H groups in total. The highest BCUT2D eigenvalue weighted by molar-refractivity contribution is 8.01. The molecule has 3 saturated carbocycles. The fourth-order valence-corrected chi connectivity index (χ4v) is 11.7. The van der Waals surface area contributed by atoms with Gasteiger partial charge in [-0.3, -0.25) is 4.79 Å². The van der Waals surface area contributed by atoms with E-state index in [1.54, 1.807) is 11.3 Å². The molecule has 5 unspecified atom stereocenters. The molecule has 0 aliphatic heterocycles. The van der Waals surface area contributed by atoms with Crippen LogP contribution in [0.2, 0.25) is 0 Å². The second-order valence-corrected chi connectivity index (χ2v) is 16.4. The smallest absolute Gasteiger partial charge is 0.175 e. The number of carbonyl (C=O) groups excluding carboxylic acids is 1. The predicted octanol–water partition coefficient (Wildman–Crippen LogP) is 7.04. The molecular formula is C36H39N3O3S2. The number of hydrogen-bond acceptors (Lipinski definition) is 7. The highest BCUT2D eigenvalue weighted by Gasteiger charge is 2.68. The summed E-state index contributed by atoms with van der Waals surface area (Å²) in [6.07, 6.45) is 8.30. The number of carbonyl (C=O) groups is 1. The van der Waals surface area contributed by atoms with Crippen LogP contribution >= 0.6 is 23.1 Å². The number of para-hydroxylation sites is 1. The van der Waals surface area contributed by atoms with Crippen LogP contribution in [0.4, 0.5) is 0 Å². The van der Waals surface area contributed by atoms with E-state index in [-0.39, 0.29) is 34.7 Å². The van der Waals surface area contributed by atoms with Gasteiger partial charge in [-0.05, 0) is 105 Å². The molecule has 0 amide bonds. The number of Topliss-reactive ketones (excluding diaryl/α,β-unsaturated/α-hetero) is 1. The van der Waals surface area contributed by atoms with Gasteiger partial charge in [0.25, 0.3) is 0 Å². The zero-order valence-electron chi connectivity index (χ0n) is 25.5. The number of hydrogen-bond donors (Lipinski definition) is 2. The molecule has 2 aromatic heterocycles. The Hall–Kier alpha value is -2.78. The zero-order valence-corrected chi connectivity index (χ0v) is 27.1. The number of aromatic nitrogens is 3. The monoisotopic (exact) mass is 625 g/mol. The fraction of sp³-hybridized carbons (Fsp3) is 0.472. The third-order valence-electron chi connectivity index (χ3n) is 11.9. The number of thioether (sulfide) groups is 1. The topological polar surface area (TPSA) is 88.2 Å². The Balaban J connectivity index is 1.05. The van der Waals surface area contributed by atoms with Crippen LogP contribution in [0.1, 0.15) is 62.8 Å². The number of allylic oxidation sites excluding steroid dienone is 1. The van der Waals surface area contributed by atoms with Crippen LogP contribution in [0.15, 0.2) is 64.6 Å². The molecule has 2 aromatic carbocycles. The maximum Gasteiger partial charge on any atom is 0.175 e. The minimum absolute atomic E-state index is 0.0889. The molecule has 8 heteroatoms. The highest BCUT2D eigenvalue weighted by atomic mass is 32.2. The Kier molecular flexibility index (Phi) is 6.59. The van der Waals surface area contributed by atoms with E-state index in [0.29, 0.717) is 12.8 Å². The number of nitrogens with zero attached hydrogens (tertiary/aromatic N) is 3. The van der Waals surface area contributed by atoms with Gasteiger partial charge in [0.2, 0.25) is 0 Å². The van der Waals surface area contributed by atoms with Gasteiger partial charge in [-0.25, -0.2) is 9.67 Å². The van der Waals surface area contributed by atoms with Crippen molar-refractivity contribution in [1.82, 2.24) is 14.8 Å². The summed E-state index contributed by atoms with van der Waals surface area (Å²) in [6, 6.07) is 16.5. The van der Waals surface area contributed by atoms with Crippen molar-refractivity contribution in [2.75, 3.05) is 5.75 Å². The lowest BCUT2D eigenvalue weighted by atomic mass is 9.45. The number of rotatable bonds is 5. The molecule has 0 saturated heterocycles. The van der Waals surface area contributed by atoms with Crippen molar-refractivity contribution in [2.45, 2.75) is 75.3 Å². The summed E-state index contributed by atoms with van der Waals surface area (Å²) >= 11 is 3.02. The molecule has 0 bridgehead atoms. The van der Waals surface area contributed by atoms with Crippen LogP contribution < -0.4 is 0 Å². The van der Waals surface area contributed by atoms with Crippen LogP contribution in [0.5, 0.6) is 0 Å². The van der Waals surface area contributed by atoms with Gasteiger partial charge in [0.1, 0.15) is 5.60 Å².